The van der Waals surface area contributed by atoms with Crippen molar-refractivity contribution in [3.05, 3.63) is 16.8 Å². The Labute approximate surface area is 133 Å². The van der Waals surface area contributed by atoms with Crippen LogP contribution in [0.4, 0.5) is 5.82 Å². The van der Waals surface area contributed by atoms with Crippen molar-refractivity contribution in [3.8, 4) is 0 Å². The molecule has 2 aromatic rings. The molecule has 0 aliphatic heterocycles. The number of esters is 1. The van der Waals surface area contributed by atoms with Gasteiger partial charge in [-0.3, -0.25) is 0 Å². The van der Waals surface area contributed by atoms with Crippen LogP contribution >= 0.6 is 11.3 Å². The number of aromatic nitrogens is 2. The molecule has 0 saturated heterocycles. The molecule has 2 rings (SSSR count). The van der Waals surface area contributed by atoms with Crippen LogP contribution < -0.4 is 5.32 Å². The predicted octanol–water partition coefficient (Wildman–Crippen LogP) is 3.01. The molecule has 0 fully saturated rings. The number of ether oxygens (including phenoxy) is 2. The zero-order valence-electron chi connectivity index (χ0n) is 13.3. The monoisotopic (exact) mass is 323 g/mol. The molecule has 7 heteroatoms. The average molecular weight is 323 g/mol. The van der Waals surface area contributed by atoms with Crippen LogP contribution in [0.3, 0.4) is 0 Å². The molecule has 120 valence electrons. The summed E-state index contributed by atoms with van der Waals surface area (Å²) < 4.78 is 10.3. The van der Waals surface area contributed by atoms with Crippen molar-refractivity contribution in [1.29, 1.82) is 0 Å². The highest BCUT2D eigenvalue weighted by Crippen LogP contribution is 2.33. The third-order valence-corrected chi connectivity index (χ3v) is 4.25. The molecule has 0 aliphatic carbocycles. The summed E-state index contributed by atoms with van der Waals surface area (Å²) in [6.45, 7) is 7.02. The molecular formula is C15H21N3O3S. The standard InChI is InChI=1S/C15H21N3O3S/c1-9(2)21-15(19)12-10(3)11-13(16-6-5-7-20-4)17-8-18-14(11)22-12/h8-9H,5-7H2,1-4H3,(H,16,17,18). The highest BCUT2D eigenvalue weighted by atomic mass is 32.1. The van der Waals surface area contributed by atoms with Gasteiger partial charge in [0.15, 0.2) is 0 Å². The summed E-state index contributed by atoms with van der Waals surface area (Å²) >= 11 is 1.34. The number of aryl methyl sites for hydroxylation is 1. The van der Waals surface area contributed by atoms with Gasteiger partial charge >= 0.3 is 5.97 Å². The first-order chi connectivity index (χ1) is 10.5. The maximum atomic E-state index is 12.2. The fourth-order valence-corrected chi connectivity index (χ4v) is 3.12. The number of nitrogens with zero attached hydrogens (tertiary/aromatic N) is 2. The van der Waals surface area contributed by atoms with Crippen LogP contribution in [0.15, 0.2) is 6.33 Å². The van der Waals surface area contributed by atoms with E-state index >= 15 is 0 Å². The molecule has 0 spiro atoms. The number of thiophene rings is 1. The minimum atomic E-state index is -0.305. The van der Waals surface area contributed by atoms with Gasteiger partial charge in [0.2, 0.25) is 0 Å². The Balaban J connectivity index is 2.28. The molecule has 22 heavy (non-hydrogen) atoms. The van der Waals surface area contributed by atoms with Gasteiger partial charge in [0.05, 0.1) is 11.5 Å². The van der Waals surface area contributed by atoms with Gasteiger partial charge in [-0.1, -0.05) is 0 Å². The Morgan fingerprint density at radius 1 is 1.41 bits per heavy atom. The highest BCUT2D eigenvalue weighted by Gasteiger charge is 2.20. The molecule has 0 aromatic carbocycles. The lowest BCUT2D eigenvalue weighted by Gasteiger charge is -2.08. The fraction of sp³-hybridized carbons (Fsp3) is 0.533. The molecule has 0 aliphatic rings. The summed E-state index contributed by atoms with van der Waals surface area (Å²) in [4.78, 5) is 22.1. The molecule has 0 atom stereocenters. The maximum absolute atomic E-state index is 12.2. The van der Waals surface area contributed by atoms with Gasteiger partial charge in [-0.2, -0.15) is 0 Å². The van der Waals surface area contributed by atoms with Crippen LogP contribution in [0, 0.1) is 6.92 Å². The normalized spacial score (nSPS) is 11.1. The number of nitrogens with one attached hydrogen (secondary N) is 1. The minimum absolute atomic E-state index is 0.144. The number of hydrogen-bond donors (Lipinski definition) is 1. The van der Waals surface area contributed by atoms with Crippen LogP contribution in [-0.2, 0) is 9.47 Å². The zero-order valence-corrected chi connectivity index (χ0v) is 14.1. The Morgan fingerprint density at radius 2 is 2.18 bits per heavy atom. The van der Waals surface area contributed by atoms with Crippen molar-refractivity contribution >= 4 is 33.3 Å². The second-order valence-electron chi connectivity index (χ2n) is 5.19. The lowest BCUT2D eigenvalue weighted by atomic mass is 10.2. The Morgan fingerprint density at radius 3 is 2.86 bits per heavy atom. The summed E-state index contributed by atoms with van der Waals surface area (Å²) in [6, 6.07) is 0. The zero-order chi connectivity index (χ0) is 16.1. The van der Waals surface area contributed by atoms with E-state index in [1.54, 1.807) is 7.11 Å². The number of rotatable bonds is 7. The summed E-state index contributed by atoms with van der Waals surface area (Å²) in [5.74, 6) is 0.444. The van der Waals surface area contributed by atoms with E-state index in [2.05, 4.69) is 15.3 Å². The van der Waals surface area contributed by atoms with E-state index in [4.69, 9.17) is 9.47 Å². The molecular weight excluding hydrogens is 302 g/mol. The van der Waals surface area contributed by atoms with Crippen LogP contribution in [-0.4, -0.2) is 42.3 Å². The second kappa shape index (κ2) is 7.51. The Hall–Kier alpha value is -1.73. The van der Waals surface area contributed by atoms with Crippen molar-refractivity contribution in [2.75, 3.05) is 25.6 Å². The van der Waals surface area contributed by atoms with E-state index in [-0.39, 0.29) is 12.1 Å². The van der Waals surface area contributed by atoms with Gasteiger partial charge in [-0.05, 0) is 32.8 Å². The van der Waals surface area contributed by atoms with Crippen LogP contribution in [0.1, 0.15) is 35.5 Å². The number of carbonyl (C=O) groups is 1. The lowest BCUT2D eigenvalue weighted by Crippen LogP contribution is -2.11. The minimum Gasteiger partial charge on any atom is -0.459 e. The third-order valence-electron chi connectivity index (χ3n) is 3.07. The van der Waals surface area contributed by atoms with E-state index in [1.807, 2.05) is 20.8 Å². The van der Waals surface area contributed by atoms with E-state index < -0.39 is 0 Å². The van der Waals surface area contributed by atoms with E-state index in [1.165, 1.54) is 17.7 Å². The Kier molecular flexibility index (Phi) is 5.68. The molecule has 0 bridgehead atoms. The maximum Gasteiger partial charge on any atom is 0.348 e. The van der Waals surface area contributed by atoms with Gasteiger partial charge in [0.1, 0.15) is 21.9 Å². The first-order valence-electron chi connectivity index (χ1n) is 7.22. The quantitative estimate of drug-likeness (QED) is 0.624. The molecule has 0 saturated carbocycles. The number of methoxy groups -OCH3 is 1. The molecule has 2 aromatic heterocycles. The first-order valence-corrected chi connectivity index (χ1v) is 8.04. The third kappa shape index (κ3) is 3.72. The van der Waals surface area contributed by atoms with Crippen molar-refractivity contribution in [2.24, 2.45) is 0 Å². The highest BCUT2D eigenvalue weighted by molar-refractivity contribution is 7.20. The summed E-state index contributed by atoms with van der Waals surface area (Å²) in [5, 5.41) is 4.17. The molecule has 1 N–H and O–H groups in total. The van der Waals surface area contributed by atoms with Crippen molar-refractivity contribution in [1.82, 2.24) is 9.97 Å². The number of fused-ring (bicyclic) bond motifs is 1. The molecule has 6 nitrogen and oxygen atoms in total. The van der Waals surface area contributed by atoms with Crippen LogP contribution in [0.2, 0.25) is 0 Å². The summed E-state index contributed by atoms with van der Waals surface area (Å²) in [5.41, 5.74) is 0.862. The van der Waals surface area contributed by atoms with E-state index in [0.717, 1.165) is 34.6 Å². The van der Waals surface area contributed by atoms with Crippen molar-refractivity contribution in [2.45, 2.75) is 33.3 Å². The van der Waals surface area contributed by atoms with Gasteiger partial charge in [0.25, 0.3) is 0 Å². The van der Waals surface area contributed by atoms with Crippen LogP contribution in [0.25, 0.3) is 10.2 Å². The molecule has 0 amide bonds. The average Bonchev–Trinajstić information content (AvgIpc) is 2.81. The van der Waals surface area contributed by atoms with Gasteiger partial charge < -0.3 is 14.8 Å². The van der Waals surface area contributed by atoms with Gasteiger partial charge in [-0.25, -0.2) is 14.8 Å². The van der Waals surface area contributed by atoms with Crippen molar-refractivity contribution in [3.63, 3.8) is 0 Å². The summed E-state index contributed by atoms with van der Waals surface area (Å²) in [7, 11) is 1.68. The van der Waals surface area contributed by atoms with E-state index in [9.17, 15) is 4.79 Å². The second-order valence-corrected chi connectivity index (χ2v) is 6.18. The number of carbonyl (C=O) groups excluding carboxylic acids is 1. The predicted molar refractivity (Wildman–Crippen MR) is 87.7 cm³/mol. The molecule has 0 radical (unpaired) electrons. The summed E-state index contributed by atoms with van der Waals surface area (Å²) in [6.07, 6.45) is 2.25. The van der Waals surface area contributed by atoms with Gasteiger partial charge in [-0.15, -0.1) is 11.3 Å². The van der Waals surface area contributed by atoms with Gasteiger partial charge in [0, 0.05) is 20.3 Å². The topological polar surface area (TPSA) is 73.3 Å². The number of hydrogen-bond acceptors (Lipinski definition) is 7. The van der Waals surface area contributed by atoms with Crippen molar-refractivity contribution < 1.29 is 14.3 Å². The smallest absolute Gasteiger partial charge is 0.348 e. The Bertz CT molecular complexity index is 655. The number of anilines is 1. The lowest BCUT2D eigenvalue weighted by molar-refractivity contribution is 0.0383. The fourth-order valence-electron chi connectivity index (χ4n) is 2.09. The SMILES string of the molecule is COCCCNc1ncnc2sc(C(=O)OC(C)C)c(C)c12. The van der Waals surface area contributed by atoms with E-state index in [0.29, 0.717) is 11.5 Å². The largest absolute Gasteiger partial charge is 0.459 e. The molecule has 2 heterocycles. The first kappa shape index (κ1) is 16.6. The molecule has 0 unspecified atom stereocenters. The van der Waals surface area contributed by atoms with Crippen LogP contribution in [0.5, 0.6) is 0 Å².